The molecule has 2 atom stereocenters. The van der Waals surface area contributed by atoms with Gasteiger partial charge >= 0.3 is 18.0 Å². The van der Waals surface area contributed by atoms with Gasteiger partial charge in [0.25, 0.3) is 0 Å². The van der Waals surface area contributed by atoms with Gasteiger partial charge in [-0.25, -0.2) is 14.4 Å². The second kappa shape index (κ2) is 17.4. The number of ether oxygens (including phenoxy) is 6. The first-order chi connectivity index (χ1) is 23.7. The van der Waals surface area contributed by atoms with Crippen LogP contribution in [0.3, 0.4) is 0 Å². The lowest BCUT2D eigenvalue weighted by Crippen LogP contribution is -2.45. The number of rotatable bonds is 16. The lowest BCUT2D eigenvalue weighted by Gasteiger charge is -2.28. The molecule has 0 unspecified atom stereocenters. The molecule has 260 valence electrons. The molecule has 3 aromatic rings. The van der Waals surface area contributed by atoms with E-state index in [1.807, 2.05) is 0 Å². The highest BCUT2D eigenvalue weighted by Gasteiger charge is 2.32. The molecule has 0 radical (unpaired) electrons. The predicted molar refractivity (Wildman–Crippen MR) is 179 cm³/mol. The van der Waals surface area contributed by atoms with Crippen LogP contribution in [0.5, 0.6) is 23.0 Å². The first-order valence-electron chi connectivity index (χ1n) is 15.5. The number of esters is 2. The van der Waals surface area contributed by atoms with Gasteiger partial charge in [-0.15, -0.1) is 0 Å². The van der Waals surface area contributed by atoms with Crippen molar-refractivity contribution in [2.24, 2.45) is 5.10 Å². The first-order valence-corrected chi connectivity index (χ1v) is 15.5. The number of hydrogen-bond acceptors (Lipinski definition) is 12. The lowest BCUT2D eigenvalue weighted by molar-refractivity contribution is -0.136. The fraction of sp³-hybridized carbons (Fsp3) is 0.314. The molecule has 14 heteroatoms. The van der Waals surface area contributed by atoms with Gasteiger partial charge in [-0.3, -0.25) is 5.43 Å². The molecular formula is C35H40N4O10. The van der Waals surface area contributed by atoms with E-state index in [0.717, 1.165) is 5.56 Å². The Balaban J connectivity index is 1.33. The number of amides is 2. The number of benzene rings is 3. The van der Waals surface area contributed by atoms with Crippen LogP contribution >= 0.6 is 0 Å². The number of hydrogen-bond donors (Lipinski definition) is 4. The number of hydrazone groups is 1. The highest BCUT2D eigenvalue weighted by molar-refractivity contribution is 5.95. The van der Waals surface area contributed by atoms with E-state index in [0.29, 0.717) is 58.6 Å². The van der Waals surface area contributed by atoms with Gasteiger partial charge in [0.05, 0.1) is 50.8 Å². The fourth-order valence-electron chi connectivity index (χ4n) is 4.82. The van der Waals surface area contributed by atoms with Crippen LogP contribution in [-0.2, 0) is 20.9 Å². The van der Waals surface area contributed by atoms with Gasteiger partial charge in [0.1, 0.15) is 13.2 Å². The number of nitrogens with one attached hydrogen (secondary N) is 3. The zero-order valence-electron chi connectivity index (χ0n) is 27.9. The van der Waals surface area contributed by atoms with Crippen molar-refractivity contribution in [2.75, 3.05) is 34.0 Å². The van der Waals surface area contributed by atoms with Crippen molar-refractivity contribution in [3.8, 4) is 23.0 Å². The zero-order chi connectivity index (χ0) is 35.3. The quantitative estimate of drug-likeness (QED) is 0.0748. The van der Waals surface area contributed by atoms with E-state index >= 15 is 0 Å². The number of aliphatic hydroxyl groups is 1. The van der Waals surface area contributed by atoms with Crippen molar-refractivity contribution >= 4 is 24.2 Å². The number of nitrogens with zero attached hydrogens (tertiary/aromatic N) is 1. The first kappa shape index (κ1) is 36.1. The average Bonchev–Trinajstić information content (AvgIpc) is 3.10. The minimum Gasteiger partial charge on any atom is -0.493 e. The number of aliphatic hydroxyl groups excluding tert-OH is 1. The SMILES string of the molecule is CCOC(=O)c1ccc(COc2ccc(/C=N/N[C@@H](O)COc3ccc([C@@H]4NC(=O)NC(C)=C4C(=O)OC)cc3OCC)cc2OC)cc1. The molecule has 0 bridgehead atoms. The minimum atomic E-state index is -1.18. The smallest absolute Gasteiger partial charge is 0.338 e. The molecule has 4 rings (SSSR count). The van der Waals surface area contributed by atoms with Crippen LogP contribution in [0.15, 0.2) is 77.0 Å². The largest absolute Gasteiger partial charge is 0.493 e. The number of allylic oxidation sites excluding steroid dienone is 1. The van der Waals surface area contributed by atoms with Gasteiger partial charge in [-0.05, 0) is 79.9 Å². The van der Waals surface area contributed by atoms with E-state index in [9.17, 15) is 19.5 Å². The molecule has 14 nitrogen and oxygen atoms in total. The third-order valence-electron chi connectivity index (χ3n) is 7.16. The normalized spacial score (nSPS) is 14.7. The second-order valence-corrected chi connectivity index (χ2v) is 10.5. The van der Waals surface area contributed by atoms with E-state index < -0.39 is 24.3 Å². The fourth-order valence-corrected chi connectivity index (χ4v) is 4.82. The van der Waals surface area contributed by atoms with E-state index in [1.54, 1.807) is 81.4 Å². The molecular weight excluding hydrogens is 636 g/mol. The Morgan fingerprint density at radius 2 is 1.65 bits per heavy atom. The monoisotopic (exact) mass is 676 g/mol. The van der Waals surface area contributed by atoms with Gasteiger partial charge in [0, 0.05) is 5.70 Å². The molecule has 0 aliphatic carbocycles. The third kappa shape index (κ3) is 9.64. The van der Waals surface area contributed by atoms with Crippen molar-refractivity contribution in [1.82, 2.24) is 16.1 Å². The minimum absolute atomic E-state index is 0.176. The Morgan fingerprint density at radius 1 is 0.918 bits per heavy atom. The maximum atomic E-state index is 12.5. The van der Waals surface area contributed by atoms with Crippen LogP contribution in [0.4, 0.5) is 4.79 Å². The summed E-state index contributed by atoms with van der Waals surface area (Å²) in [4.78, 5) is 36.5. The summed E-state index contributed by atoms with van der Waals surface area (Å²) in [5.74, 6) is 0.737. The Hall–Kier alpha value is -5.76. The Bertz CT molecular complexity index is 1690. The molecule has 2 amide bonds. The van der Waals surface area contributed by atoms with Crippen LogP contribution in [0.25, 0.3) is 0 Å². The summed E-state index contributed by atoms with van der Waals surface area (Å²) in [6, 6.07) is 16.0. The molecule has 1 heterocycles. The number of carbonyl (C=O) groups excluding carboxylic acids is 3. The predicted octanol–water partition coefficient (Wildman–Crippen LogP) is 3.97. The second-order valence-electron chi connectivity index (χ2n) is 10.5. The summed E-state index contributed by atoms with van der Waals surface area (Å²) >= 11 is 0. The Kier molecular flexibility index (Phi) is 12.8. The average molecular weight is 677 g/mol. The summed E-state index contributed by atoms with van der Waals surface area (Å²) in [5, 5.41) is 19.9. The molecule has 1 aliphatic rings. The zero-order valence-corrected chi connectivity index (χ0v) is 27.9. The summed E-state index contributed by atoms with van der Waals surface area (Å²) in [5.41, 5.74) is 5.84. The summed E-state index contributed by atoms with van der Waals surface area (Å²) < 4.78 is 32.9. The van der Waals surface area contributed by atoms with Crippen molar-refractivity contribution in [1.29, 1.82) is 0 Å². The third-order valence-corrected chi connectivity index (χ3v) is 7.16. The van der Waals surface area contributed by atoms with Crippen molar-refractivity contribution in [3.05, 3.63) is 94.2 Å². The van der Waals surface area contributed by atoms with Crippen LogP contribution in [-0.4, -0.2) is 69.6 Å². The molecule has 0 aromatic heterocycles. The topological polar surface area (TPSA) is 175 Å². The van der Waals surface area contributed by atoms with Gasteiger partial charge in [0.2, 0.25) is 0 Å². The number of urea groups is 1. The molecule has 0 fully saturated rings. The number of methoxy groups -OCH3 is 2. The van der Waals surface area contributed by atoms with E-state index in [1.165, 1.54) is 20.4 Å². The number of carbonyl (C=O) groups is 3. The van der Waals surface area contributed by atoms with Gasteiger partial charge < -0.3 is 44.2 Å². The summed E-state index contributed by atoms with van der Waals surface area (Å²) in [6.07, 6.45) is 0.330. The van der Waals surface area contributed by atoms with Gasteiger partial charge in [-0.2, -0.15) is 5.10 Å². The highest BCUT2D eigenvalue weighted by atomic mass is 16.5. The van der Waals surface area contributed by atoms with E-state index in [2.05, 4.69) is 21.2 Å². The maximum Gasteiger partial charge on any atom is 0.338 e. The summed E-state index contributed by atoms with van der Waals surface area (Å²) in [6.45, 7) is 5.89. The van der Waals surface area contributed by atoms with Crippen molar-refractivity contribution < 1.29 is 47.9 Å². The standard InChI is InChI=1S/C35H40N4O10/c1-6-46-29-17-25(32-31(34(42)45-5)21(3)37-35(43)38-32)13-15-27(29)49-20-30(40)39-36-18-23-10-14-26(28(16-23)44-4)48-19-22-8-11-24(12-9-22)33(41)47-7-2/h8-18,30,32,39-40H,6-7,19-20H2,1-5H3,(H2,37,38,43)/b36-18+/t30-,32-/m0/s1. The molecule has 0 saturated carbocycles. The Labute approximate surface area is 284 Å². The van der Waals surface area contributed by atoms with Crippen LogP contribution in [0, 0.1) is 0 Å². The van der Waals surface area contributed by atoms with Crippen molar-refractivity contribution in [3.63, 3.8) is 0 Å². The highest BCUT2D eigenvalue weighted by Crippen LogP contribution is 2.35. The van der Waals surface area contributed by atoms with E-state index in [-0.39, 0.29) is 24.8 Å². The molecule has 0 saturated heterocycles. The molecule has 0 spiro atoms. The van der Waals surface area contributed by atoms with Crippen LogP contribution in [0.1, 0.15) is 53.9 Å². The van der Waals surface area contributed by atoms with Crippen molar-refractivity contribution in [2.45, 2.75) is 39.6 Å². The molecule has 49 heavy (non-hydrogen) atoms. The van der Waals surface area contributed by atoms with Gasteiger partial charge in [-0.1, -0.05) is 18.2 Å². The lowest BCUT2D eigenvalue weighted by atomic mass is 9.95. The Morgan fingerprint density at radius 3 is 2.35 bits per heavy atom. The maximum absolute atomic E-state index is 12.5. The molecule has 3 aromatic carbocycles. The van der Waals surface area contributed by atoms with E-state index in [4.69, 9.17) is 28.4 Å². The molecule has 1 aliphatic heterocycles. The summed E-state index contributed by atoms with van der Waals surface area (Å²) in [7, 11) is 2.79. The van der Waals surface area contributed by atoms with Crippen LogP contribution < -0.4 is 35.0 Å². The van der Waals surface area contributed by atoms with Crippen LogP contribution in [0.2, 0.25) is 0 Å². The molecule has 4 N–H and O–H groups in total. The van der Waals surface area contributed by atoms with Gasteiger partial charge in [0.15, 0.2) is 29.2 Å².